The van der Waals surface area contributed by atoms with Gasteiger partial charge in [0.25, 0.3) is 5.56 Å². The molecule has 0 fully saturated rings. The van der Waals surface area contributed by atoms with Crippen LogP contribution in [-0.4, -0.2) is 30.2 Å². The average molecular weight is 395 g/mol. The molecule has 0 aliphatic heterocycles. The highest BCUT2D eigenvalue weighted by Crippen LogP contribution is 2.24. The number of hydrogen-bond acceptors (Lipinski definition) is 5. The second-order valence-corrected chi connectivity index (χ2v) is 6.50. The molecule has 0 bridgehead atoms. The second kappa shape index (κ2) is 7.61. The number of hydrogen-bond donors (Lipinski definition) is 1. The van der Waals surface area contributed by atoms with Crippen LogP contribution < -0.4 is 10.9 Å². The van der Waals surface area contributed by atoms with E-state index in [0.717, 1.165) is 0 Å². The van der Waals surface area contributed by atoms with E-state index in [1.54, 1.807) is 36.4 Å². The van der Waals surface area contributed by atoms with Crippen molar-refractivity contribution < 1.29 is 4.79 Å². The zero-order chi connectivity index (χ0) is 19.5. The Morgan fingerprint density at radius 2 is 2.00 bits per heavy atom. The van der Waals surface area contributed by atoms with Crippen LogP contribution in [0.4, 0.5) is 5.69 Å². The van der Waals surface area contributed by atoms with Gasteiger partial charge in [0.2, 0.25) is 5.91 Å². The number of aromatic nitrogens is 5. The lowest BCUT2D eigenvalue weighted by Gasteiger charge is -2.12. The summed E-state index contributed by atoms with van der Waals surface area (Å²) < 4.78 is 2.96. The number of benzene rings is 2. The molecule has 0 saturated heterocycles. The number of halogens is 1. The predicted molar refractivity (Wildman–Crippen MR) is 106 cm³/mol. The third-order valence-corrected chi connectivity index (χ3v) is 4.44. The molecule has 1 N–H and O–H groups in total. The Balaban J connectivity index is 1.51. The van der Waals surface area contributed by atoms with Crippen LogP contribution >= 0.6 is 11.6 Å². The first kappa shape index (κ1) is 17.9. The van der Waals surface area contributed by atoms with Crippen molar-refractivity contribution in [3.8, 4) is 5.69 Å². The molecule has 0 aliphatic rings. The molecule has 0 radical (unpaired) electrons. The molecule has 140 valence electrons. The number of para-hydroxylation sites is 1. The largest absolute Gasteiger partial charge is 0.324 e. The first-order valence-corrected chi connectivity index (χ1v) is 8.88. The molecule has 2 heterocycles. The fourth-order valence-electron chi connectivity index (χ4n) is 2.84. The van der Waals surface area contributed by atoms with Crippen molar-refractivity contribution >= 4 is 34.1 Å². The summed E-state index contributed by atoms with van der Waals surface area (Å²) in [6.07, 6.45) is 4.49. The summed E-state index contributed by atoms with van der Waals surface area (Å²) in [7, 11) is 0. The SMILES string of the molecule is O=C(CCn1cnc2ccccc2c1=O)Nc1cc(Cl)ccc1-n1cncn1. The van der Waals surface area contributed by atoms with Crippen molar-refractivity contribution in [3.05, 3.63) is 76.8 Å². The van der Waals surface area contributed by atoms with Gasteiger partial charge in [0, 0.05) is 18.0 Å². The minimum absolute atomic E-state index is 0.100. The van der Waals surface area contributed by atoms with E-state index in [-0.39, 0.29) is 24.4 Å². The van der Waals surface area contributed by atoms with Crippen LogP contribution in [0.3, 0.4) is 0 Å². The van der Waals surface area contributed by atoms with Crippen LogP contribution in [0.1, 0.15) is 6.42 Å². The molecule has 0 unspecified atom stereocenters. The van der Waals surface area contributed by atoms with Gasteiger partial charge in [-0.2, -0.15) is 5.10 Å². The molecule has 28 heavy (non-hydrogen) atoms. The number of fused-ring (bicyclic) bond motifs is 1. The number of aryl methyl sites for hydroxylation is 1. The third-order valence-electron chi connectivity index (χ3n) is 4.21. The summed E-state index contributed by atoms with van der Waals surface area (Å²) in [6.45, 7) is 0.210. The molecular weight excluding hydrogens is 380 g/mol. The number of nitrogens with one attached hydrogen (secondary N) is 1. The van der Waals surface area contributed by atoms with Gasteiger partial charge < -0.3 is 5.32 Å². The van der Waals surface area contributed by atoms with Crippen LogP contribution in [0, 0.1) is 0 Å². The summed E-state index contributed by atoms with van der Waals surface area (Å²) in [4.78, 5) is 33.1. The van der Waals surface area contributed by atoms with E-state index in [1.807, 2.05) is 6.07 Å². The number of amides is 1. The molecular formula is C19H15ClN6O2. The normalized spacial score (nSPS) is 10.9. The lowest BCUT2D eigenvalue weighted by atomic mass is 10.2. The van der Waals surface area contributed by atoms with Crippen molar-refractivity contribution in [2.45, 2.75) is 13.0 Å². The molecule has 0 saturated carbocycles. The van der Waals surface area contributed by atoms with Crippen molar-refractivity contribution in [1.29, 1.82) is 0 Å². The summed E-state index contributed by atoms with van der Waals surface area (Å²) >= 11 is 6.06. The molecule has 0 aliphatic carbocycles. The number of anilines is 1. The Kier molecular flexibility index (Phi) is 4.86. The monoisotopic (exact) mass is 394 g/mol. The van der Waals surface area contributed by atoms with Gasteiger partial charge in [-0.3, -0.25) is 14.2 Å². The Bertz CT molecular complexity index is 1200. The topological polar surface area (TPSA) is 94.7 Å². The van der Waals surface area contributed by atoms with Crippen LogP contribution in [0.5, 0.6) is 0 Å². The maximum Gasteiger partial charge on any atom is 0.261 e. The molecule has 0 spiro atoms. The van der Waals surface area contributed by atoms with Gasteiger partial charge in [0.15, 0.2) is 0 Å². The van der Waals surface area contributed by atoms with Gasteiger partial charge in [-0.15, -0.1) is 0 Å². The minimum atomic E-state index is -0.260. The zero-order valence-corrected chi connectivity index (χ0v) is 15.4. The van der Waals surface area contributed by atoms with Gasteiger partial charge in [-0.05, 0) is 30.3 Å². The van der Waals surface area contributed by atoms with Gasteiger partial charge in [-0.25, -0.2) is 14.6 Å². The van der Waals surface area contributed by atoms with Crippen LogP contribution in [-0.2, 0) is 11.3 Å². The van der Waals surface area contributed by atoms with Gasteiger partial charge in [0.05, 0.1) is 28.6 Å². The molecule has 4 rings (SSSR count). The fourth-order valence-corrected chi connectivity index (χ4v) is 3.01. The summed E-state index contributed by atoms with van der Waals surface area (Å²) in [5.74, 6) is -0.260. The van der Waals surface area contributed by atoms with Gasteiger partial charge in [-0.1, -0.05) is 23.7 Å². The van der Waals surface area contributed by atoms with Crippen molar-refractivity contribution in [2.75, 3.05) is 5.32 Å². The first-order valence-electron chi connectivity index (χ1n) is 8.50. The number of rotatable bonds is 5. The van der Waals surface area contributed by atoms with E-state index in [9.17, 15) is 9.59 Å². The Labute approximate surface area is 164 Å². The number of carbonyl (C=O) groups excluding carboxylic acids is 1. The summed E-state index contributed by atoms with van der Waals surface area (Å²) in [5, 5.41) is 7.90. The Morgan fingerprint density at radius 3 is 2.82 bits per heavy atom. The molecule has 1 amide bonds. The molecule has 0 atom stereocenters. The maximum absolute atomic E-state index is 12.5. The fraction of sp³-hybridized carbons (Fsp3) is 0.105. The number of carbonyl (C=O) groups is 1. The van der Waals surface area contributed by atoms with Gasteiger partial charge >= 0.3 is 0 Å². The smallest absolute Gasteiger partial charge is 0.261 e. The zero-order valence-electron chi connectivity index (χ0n) is 14.6. The lowest BCUT2D eigenvalue weighted by molar-refractivity contribution is -0.116. The number of nitrogens with zero attached hydrogens (tertiary/aromatic N) is 5. The predicted octanol–water partition coefficient (Wildman–Crippen LogP) is 2.66. The highest BCUT2D eigenvalue weighted by Gasteiger charge is 2.11. The molecule has 2 aromatic heterocycles. The van der Waals surface area contributed by atoms with E-state index >= 15 is 0 Å². The third kappa shape index (κ3) is 3.63. The van der Waals surface area contributed by atoms with Crippen LogP contribution in [0.2, 0.25) is 5.02 Å². The van der Waals surface area contributed by atoms with E-state index < -0.39 is 0 Å². The second-order valence-electron chi connectivity index (χ2n) is 6.06. The Morgan fingerprint density at radius 1 is 1.14 bits per heavy atom. The lowest BCUT2D eigenvalue weighted by Crippen LogP contribution is -2.24. The molecule has 2 aromatic carbocycles. The van der Waals surface area contributed by atoms with Gasteiger partial charge in [0.1, 0.15) is 12.7 Å². The molecule has 8 nitrogen and oxygen atoms in total. The Hall–Kier alpha value is -3.52. The van der Waals surface area contributed by atoms with Crippen molar-refractivity contribution in [2.24, 2.45) is 0 Å². The quantitative estimate of drug-likeness (QED) is 0.561. The highest BCUT2D eigenvalue weighted by atomic mass is 35.5. The highest BCUT2D eigenvalue weighted by molar-refractivity contribution is 6.31. The molecule has 9 heteroatoms. The van der Waals surface area contributed by atoms with E-state index in [4.69, 9.17) is 11.6 Å². The average Bonchev–Trinajstić information content (AvgIpc) is 3.22. The minimum Gasteiger partial charge on any atom is -0.324 e. The summed E-state index contributed by atoms with van der Waals surface area (Å²) in [5.41, 5.74) is 1.60. The standard InChI is InChI=1S/C19H15ClN6O2/c20-13-5-6-17(26-11-21-10-23-26)16(9-13)24-18(27)7-8-25-12-22-15-4-2-1-3-14(15)19(25)28/h1-6,9-12H,7-8H2,(H,24,27). The summed E-state index contributed by atoms with van der Waals surface area (Å²) in [6, 6.07) is 12.2. The maximum atomic E-state index is 12.5. The van der Waals surface area contributed by atoms with Crippen LogP contribution in [0.25, 0.3) is 16.6 Å². The van der Waals surface area contributed by atoms with Crippen LogP contribution in [0.15, 0.2) is 66.2 Å². The molecule has 4 aromatic rings. The van der Waals surface area contributed by atoms with E-state index in [1.165, 1.54) is 28.2 Å². The van der Waals surface area contributed by atoms with E-state index in [0.29, 0.717) is 27.3 Å². The van der Waals surface area contributed by atoms with E-state index in [2.05, 4.69) is 20.4 Å². The first-order chi connectivity index (χ1) is 13.6. The van der Waals surface area contributed by atoms with Crippen molar-refractivity contribution in [1.82, 2.24) is 24.3 Å². The van der Waals surface area contributed by atoms with Crippen molar-refractivity contribution in [3.63, 3.8) is 0 Å².